The Morgan fingerprint density at radius 3 is 2.50 bits per heavy atom. The highest BCUT2D eigenvalue weighted by Gasteiger charge is 2.32. The fourth-order valence-corrected chi connectivity index (χ4v) is 2.69. The highest BCUT2D eigenvalue weighted by Crippen LogP contribution is 2.30. The lowest BCUT2D eigenvalue weighted by Gasteiger charge is -2.33. The van der Waals surface area contributed by atoms with Gasteiger partial charge in [0.05, 0.1) is 6.10 Å². The normalized spacial score (nSPS) is 21.1. The molecule has 1 aliphatic heterocycles. The van der Waals surface area contributed by atoms with Crippen molar-refractivity contribution in [3.63, 3.8) is 0 Å². The largest absolute Gasteiger partial charge is 0.387 e. The van der Waals surface area contributed by atoms with Crippen LogP contribution in [0.3, 0.4) is 0 Å². The van der Waals surface area contributed by atoms with E-state index in [0.717, 1.165) is 24.2 Å². The number of aliphatic hydroxyl groups is 1. The Hall–Kier alpha value is -0.900. The van der Waals surface area contributed by atoms with Gasteiger partial charge in [-0.2, -0.15) is 0 Å². The number of nitrogens with two attached hydrogens (primary N) is 1. The molecule has 1 unspecified atom stereocenters. The fraction of sp³-hybridized carbons (Fsp3) is 0.600. The van der Waals surface area contributed by atoms with Crippen LogP contribution in [0.1, 0.15) is 43.9 Å². The quantitative estimate of drug-likeness (QED) is 0.857. The average Bonchev–Trinajstić information content (AvgIpc) is 2.69. The van der Waals surface area contributed by atoms with Crippen LogP contribution < -0.4 is 5.73 Å². The molecule has 0 saturated carbocycles. The molecule has 0 aromatic heterocycles. The maximum atomic E-state index is 10.3. The van der Waals surface area contributed by atoms with Gasteiger partial charge in [0.1, 0.15) is 0 Å². The summed E-state index contributed by atoms with van der Waals surface area (Å²) in [4.78, 5) is 2.38. The topological polar surface area (TPSA) is 49.5 Å². The van der Waals surface area contributed by atoms with Gasteiger partial charge in [-0.25, -0.2) is 0 Å². The molecule has 1 atom stereocenters. The molecule has 0 radical (unpaired) electrons. The van der Waals surface area contributed by atoms with Crippen LogP contribution in [-0.4, -0.2) is 28.6 Å². The Balaban J connectivity index is 2.00. The van der Waals surface area contributed by atoms with E-state index >= 15 is 0 Å². The maximum Gasteiger partial charge on any atom is 0.0917 e. The molecule has 1 fully saturated rings. The Bertz CT molecular complexity index is 386. The standard InChI is InChI=1S/C15H24N2O/c1-15(2)8-3-9-17(15)11-14(18)13-6-4-12(10-16)5-7-13/h4-7,14,18H,3,8-11,16H2,1-2H3. The Morgan fingerprint density at radius 2 is 2.00 bits per heavy atom. The number of benzene rings is 1. The summed E-state index contributed by atoms with van der Waals surface area (Å²) in [5, 5.41) is 10.3. The highest BCUT2D eigenvalue weighted by atomic mass is 16.3. The zero-order valence-corrected chi connectivity index (χ0v) is 11.4. The molecule has 100 valence electrons. The van der Waals surface area contributed by atoms with Crippen LogP contribution >= 0.6 is 0 Å². The van der Waals surface area contributed by atoms with Gasteiger partial charge < -0.3 is 10.8 Å². The molecule has 3 N–H and O–H groups in total. The van der Waals surface area contributed by atoms with Gasteiger partial charge >= 0.3 is 0 Å². The summed E-state index contributed by atoms with van der Waals surface area (Å²) in [5.74, 6) is 0. The van der Waals surface area contributed by atoms with Crippen molar-refractivity contribution >= 4 is 0 Å². The molecule has 1 heterocycles. The molecule has 3 heteroatoms. The van der Waals surface area contributed by atoms with Crippen molar-refractivity contribution in [2.45, 2.75) is 44.9 Å². The van der Waals surface area contributed by atoms with Crippen molar-refractivity contribution in [3.05, 3.63) is 35.4 Å². The highest BCUT2D eigenvalue weighted by molar-refractivity contribution is 5.24. The van der Waals surface area contributed by atoms with Gasteiger partial charge in [-0.05, 0) is 44.4 Å². The van der Waals surface area contributed by atoms with Gasteiger partial charge in [-0.1, -0.05) is 24.3 Å². The van der Waals surface area contributed by atoms with Crippen LogP contribution in [0.25, 0.3) is 0 Å². The summed E-state index contributed by atoms with van der Waals surface area (Å²) in [6, 6.07) is 7.95. The van der Waals surface area contributed by atoms with Crippen molar-refractivity contribution in [1.29, 1.82) is 0 Å². The lowest BCUT2D eigenvalue weighted by atomic mass is 10.0. The van der Waals surface area contributed by atoms with E-state index in [1.165, 1.54) is 12.8 Å². The third kappa shape index (κ3) is 2.91. The lowest BCUT2D eigenvalue weighted by Crippen LogP contribution is -2.40. The number of rotatable bonds is 4. The van der Waals surface area contributed by atoms with Crippen molar-refractivity contribution in [2.24, 2.45) is 5.73 Å². The van der Waals surface area contributed by atoms with E-state index in [-0.39, 0.29) is 5.54 Å². The fourth-order valence-electron chi connectivity index (χ4n) is 2.69. The molecule has 1 aromatic carbocycles. The minimum Gasteiger partial charge on any atom is -0.387 e. The van der Waals surface area contributed by atoms with E-state index in [1.807, 2.05) is 24.3 Å². The van der Waals surface area contributed by atoms with Crippen LogP contribution in [0.5, 0.6) is 0 Å². The second-order valence-corrected chi connectivity index (χ2v) is 5.82. The first-order valence-electron chi connectivity index (χ1n) is 6.75. The second kappa shape index (κ2) is 5.39. The molecule has 1 aromatic rings. The first kappa shape index (κ1) is 13.5. The van der Waals surface area contributed by atoms with Crippen LogP contribution in [0.4, 0.5) is 0 Å². The van der Waals surface area contributed by atoms with E-state index in [2.05, 4.69) is 18.7 Å². The lowest BCUT2D eigenvalue weighted by molar-refractivity contribution is 0.0779. The number of hydrogen-bond donors (Lipinski definition) is 2. The van der Waals surface area contributed by atoms with E-state index < -0.39 is 6.10 Å². The number of likely N-dealkylation sites (tertiary alicyclic amines) is 1. The molecule has 0 bridgehead atoms. The molecule has 2 rings (SSSR count). The molecule has 3 nitrogen and oxygen atoms in total. The zero-order valence-electron chi connectivity index (χ0n) is 11.4. The Labute approximate surface area is 110 Å². The molecular formula is C15H24N2O. The van der Waals surface area contributed by atoms with E-state index in [1.54, 1.807) is 0 Å². The summed E-state index contributed by atoms with van der Waals surface area (Å²) < 4.78 is 0. The van der Waals surface area contributed by atoms with Crippen molar-refractivity contribution in [2.75, 3.05) is 13.1 Å². The molecular weight excluding hydrogens is 224 g/mol. The predicted octanol–water partition coefficient (Wildman–Crippen LogP) is 2.05. The maximum absolute atomic E-state index is 10.3. The summed E-state index contributed by atoms with van der Waals surface area (Å²) in [5.41, 5.74) is 7.88. The minimum absolute atomic E-state index is 0.220. The van der Waals surface area contributed by atoms with Crippen LogP contribution in [0.15, 0.2) is 24.3 Å². The zero-order chi connectivity index (χ0) is 13.2. The molecule has 1 saturated heterocycles. The van der Waals surface area contributed by atoms with Gasteiger partial charge in [0.25, 0.3) is 0 Å². The number of nitrogens with zero attached hydrogens (tertiary/aromatic N) is 1. The van der Waals surface area contributed by atoms with E-state index in [4.69, 9.17) is 5.73 Å². The summed E-state index contributed by atoms with van der Waals surface area (Å²) in [6.45, 7) is 6.87. The predicted molar refractivity (Wildman–Crippen MR) is 74.2 cm³/mol. The summed E-state index contributed by atoms with van der Waals surface area (Å²) in [7, 11) is 0. The van der Waals surface area contributed by atoms with Gasteiger partial charge in [0, 0.05) is 18.6 Å². The van der Waals surface area contributed by atoms with Crippen LogP contribution in [0.2, 0.25) is 0 Å². The first-order chi connectivity index (χ1) is 8.53. The van der Waals surface area contributed by atoms with Gasteiger partial charge in [0.2, 0.25) is 0 Å². The number of aliphatic hydroxyl groups excluding tert-OH is 1. The van der Waals surface area contributed by atoms with Gasteiger partial charge in [-0.3, -0.25) is 4.90 Å². The summed E-state index contributed by atoms with van der Waals surface area (Å²) in [6.07, 6.45) is 2.03. The molecule has 0 aliphatic carbocycles. The monoisotopic (exact) mass is 248 g/mol. The SMILES string of the molecule is CC1(C)CCCN1CC(O)c1ccc(CN)cc1. The van der Waals surface area contributed by atoms with Crippen LogP contribution in [-0.2, 0) is 6.54 Å². The third-order valence-corrected chi connectivity index (χ3v) is 4.07. The van der Waals surface area contributed by atoms with E-state index in [0.29, 0.717) is 6.54 Å². The van der Waals surface area contributed by atoms with Crippen molar-refractivity contribution in [3.8, 4) is 0 Å². The van der Waals surface area contributed by atoms with Crippen LogP contribution in [0, 0.1) is 0 Å². The van der Waals surface area contributed by atoms with Gasteiger partial charge in [-0.15, -0.1) is 0 Å². The van der Waals surface area contributed by atoms with Crippen molar-refractivity contribution < 1.29 is 5.11 Å². The number of β-amino-alcohol motifs (C(OH)–C–C–N with tert-alkyl or cyclic N) is 1. The molecule has 1 aliphatic rings. The smallest absolute Gasteiger partial charge is 0.0917 e. The minimum atomic E-state index is -0.408. The first-order valence-corrected chi connectivity index (χ1v) is 6.75. The second-order valence-electron chi connectivity index (χ2n) is 5.82. The van der Waals surface area contributed by atoms with Gasteiger partial charge in [0.15, 0.2) is 0 Å². The van der Waals surface area contributed by atoms with Crippen molar-refractivity contribution in [1.82, 2.24) is 4.90 Å². The number of hydrogen-bond acceptors (Lipinski definition) is 3. The Morgan fingerprint density at radius 1 is 1.33 bits per heavy atom. The molecule has 0 amide bonds. The average molecular weight is 248 g/mol. The molecule has 0 spiro atoms. The Kier molecular flexibility index (Phi) is 4.05. The van der Waals surface area contributed by atoms with E-state index in [9.17, 15) is 5.11 Å². The molecule has 18 heavy (non-hydrogen) atoms. The summed E-state index contributed by atoms with van der Waals surface area (Å²) >= 11 is 0. The third-order valence-electron chi connectivity index (χ3n) is 4.07.